The molecule has 1 aliphatic heterocycles. The van der Waals surface area contributed by atoms with Gasteiger partial charge >= 0.3 is 5.97 Å². The first-order valence-corrected chi connectivity index (χ1v) is 9.71. The Morgan fingerprint density at radius 1 is 1.10 bits per heavy atom. The van der Waals surface area contributed by atoms with Crippen molar-refractivity contribution in [1.29, 1.82) is 0 Å². The number of halogens is 1. The average Bonchev–Trinajstić information content (AvgIpc) is 3.17. The van der Waals surface area contributed by atoms with Gasteiger partial charge in [-0.2, -0.15) is 0 Å². The zero-order valence-electron chi connectivity index (χ0n) is 16.6. The third kappa shape index (κ3) is 5.52. The van der Waals surface area contributed by atoms with Crippen LogP contribution in [0.5, 0.6) is 5.75 Å². The molecule has 0 aliphatic carbocycles. The molecule has 2 aromatic rings. The lowest BCUT2D eigenvalue weighted by Gasteiger charge is -2.19. The highest BCUT2D eigenvalue weighted by Gasteiger charge is 2.37. The van der Waals surface area contributed by atoms with Crippen LogP contribution in [0.3, 0.4) is 0 Å². The molecule has 9 nitrogen and oxygen atoms in total. The van der Waals surface area contributed by atoms with E-state index < -0.39 is 30.3 Å². The molecule has 2 aromatic carbocycles. The maximum Gasteiger partial charge on any atom is 0.311 e. The quantitative estimate of drug-likeness (QED) is 0.517. The number of methoxy groups -OCH3 is 1. The fraction of sp³-hybridized carbons (Fsp3) is 0.238. The molecule has 162 valence electrons. The first-order valence-electron chi connectivity index (χ1n) is 9.34. The average molecular weight is 446 g/mol. The Bertz CT molecular complexity index is 995. The second-order valence-electron chi connectivity index (χ2n) is 6.69. The van der Waals surface area contributed by atoms with Crippen molar-refractivity contribution in [1.82, 2.24) is 10.9 Å². The largest absolute Gasteiger partial charge is 0.495 e. The van der Waals surface area contributed by atoms with Crippen LogP contribution in [-0.2, 0) is 19.1 Å². The molecule has 31 heavy (non-hydrogen) atoms. The summed E-state index contributed by atoms with van der Waals surface area (Å²) in [6, 6.07) is 13.0. The summed E-state index contributed by atoms with van der Waals surface area (Å²) < 4.78 is 10.3. The van der Waals surface area contributed by atoms with E-state index in [1.54, 1.807) is 24.3 Å². The van der Waals surface area contributed by atoms with Crippen LogP contribution in [0.2, 0.25) is 5.02 Å². The van der Waals surface area contributed by atoms with Gasteiger partial charge < -0.3 is 14.4 Å². The summed E-state index contributed by atoms with van der Waals surface area (Å²) in [4.78, 5) is 49.9. The SMILES string of the molecule is COc1ccccc1N1C[C@@H](C(=O)OCC(=O)NNC(=O)c2ccc(Cl)cc2)CC1=O. The Balaban J connectivity index is 1.47. The molecular formula is C21H20ClN3O6. The van der Waals surface area contributed by atoms with Gasteiger partial charge in [0.25, 0.3) is 11.8 Å². The molecule has 0 bridgehead atoms. The minimum absolute atomic E-state index is 0.0359. The topological polar surface area (TPSA) is 114 Å². The van der Waals surface area contributed by atoms with E-state index in [0.29, 0.717) is 22.0 Å². The van der Waals surface area contributed by atoms with Crippen molar-refractivity contribution >= 4 is 41.0 Å². The molecule has 1 saturated heterocycles. The van der Waals surface area contributed by atoms with E-state index in [1.165, 1.54) is 36.3 Å². The summed E-state index contributed by atoms with van der Waals surface area (Å²) in [5, 5.41) is 0.474. The zero-order valence-corrected chi connectivity index (χ0v) is 17.3. The maximum atomic E-state index is 12.4. The second kappa shape index (κ2) is 9.94. The van der Waals surface area contributed by atoms with Gasteiger partial charge in [0.2, 0.25) is 5.91 Å². The molecule has 0 radical (unpaired) electrons. The highest BCUT2D eigenvalue weighted by molar-refractivity contribution is 6.30. The molecule has 10 heteroatoms. The maximum absolute atomic E-state index is 12.4. The van der Waals surface area contributed by atoms with E-state index in [9.17, 15) is 19.2 Å². The second-order valence-corrected chi connectivity index (χ2v) is 7.13. The van der Waals surface area contributed by atoms with Crippen molar-refractivity contribution in [3.63, 3.8) is 0 Å². The van der Waals surface area contributed by atoms with Gasteiger partial charge in [0.1, 0.15) is 5.75 Å². The molecular weight excluding hydrogens is 426 g/mol. The number of esters is 1. The Labute approximate surface area is 183 Å². The van der Waals surface area contributed by atoms with Crippen molar-refractivity contribution in [3.05, 3.63) is 59.1 Å². The molecule has 0 aromatic heterocycles. The van der Waals surface area contributed by atoms with E-state index in [-0.39, 0.29) is 18.9 Å². The van der Waals surface area contributed by atoms with Crippen molar-refractivity contribution in [2.24, 2.45) is 5.92 Å². The van der Waals surface area contributed by atoms with Crippen LogP contribution in [-0.4, -0.2) is 44.0 Å². The molecule has 0 saturated carbocycles. The predicted octanol–water partition coefficient (Wildman–Crippen LogP) is 1.71. The highest BCUT2D eigenvalue weighted by Crippen LogP contribution is 2.33. The number of carbonyl (C=O) groups excluding carboxylic acids is 4. The number of hydrazine groups is 1. The van der Waals surface area contributed by atoms with Gasteiger partial charge in [-0.05, 0) is 36.4 Å². The predicted molar refractivity (Wildman–Crippen MR) is 111 cm³/mol. The third-order valence-electron chi connectivity index (χ3n) is 4.60. The lowest BCUT2D eigenvalue weighted by Crippen LogP contribution is -2.43. The standard InChI is InChI=1S/C21H20ClN3O6/c1-30-17-5-3-2-4-16(17)25-11-14(10-19(25)27)21(29)31-12-18(26)23-24-20(28)13-6-8-15(22)9-7-13/h2-9,14H,10-12H2,1H3,(H,23,26)(H,24,28)/t14-/m0/s1. The van der Waals surface area contributed by atoms with Crippen LogP contribution in [0.15, 0.2) is 48.5 Å². The van der Waals surface area contributed by atoms with Gasteiger partial charge in [-0.25, -0.2) is 0 Å². The van der Waals surface area contributed by atoms with Crippen LogP contribution in [0, 0.1) is 5.92 Å². The number of nitrogens with zero attached hydrogens (tertiary/aromatic N) is 1. The summed E-state index contributed by atoms with van der Waals surface area (Å²) in [5.74, 6) is -2.39. The van der Waals surface area contributed by atoms with Crippen molar-refractivity contribution in [3.8, 4) is 5.75 Å². The Morgan fingerprint density at radius 3 is 2.52 bits per heavy atom. The Hall–Kier alpha value is -3.59. The van der Waals surface area contributed by atoms with E-state index in [2.05, 4.69) is 10.9 Å². The number of hydrogen-bond acceptors (Lipinski definition) is 6. The number of para-hydroxylation sites is 2. The van der Waals surface area contributed by atoms with E-state index in [0.717, 1.165) is 0 Å². The number of amides is 3. The van der Waals surface area contributed by atoms with E-state index >= 15 is 0 Å². The molecule has 3 amide bonds. The van der Waals surface area contributed by atoms with Gasteiger partial charge in [-0.3, -0.25) is 30.0 Å². The molecule has 1 fully saturated rings. The Morgan fingerprint density at radius 2 is 1.81 bits per heavy atom. The van der Waals surface area contributed by atoms with Crippen LogP contribution >= 0.6 is 11.6 Å². The van der Waals surface area contributed by atoms with Gasteiger partial charge in [-0.15, -0.1) is 0 Å². The summed E-state index contributed by atoms with van der Waals surface area (Å²) in [5.41, 5.74) is 5.23. The molecule has 0 spiro atoms. The van der Waals surface area contributed by atoms with Gasteiger partial charge in [0, 0.05) is 23.6 Å². The summed E-state index contributed by atoms with van der Waals surface area (Å²) in [6.45, 7) is -0.480. The molecule has 1 atom stereocenters. The normalized spacial score (nSPS) is 15.4. The monoisotopic (exact) mass is 445 g/mol. The first-order chi connectivity index (χ1) is 14.9. The van der Waals surface area contributed by atoms with Gasteiger partial charge in [-0.1, -0.05) is 23.7 Å². The third-order valence-corrected chi connectivity index (χ3v) is 4.85. The Kier molecular flexibility index (Phi) is 7.09. The fourth-order valence-electron chi connectivity index (χ4n) is 3.04. The van der Waals surface area contributed by atoms with Crippen LogP contribution in [0.25, 0.3) is 0 Å². The number of nitrogens with one attached hydrogen (secondary N) is 2. The highest BCUT2D eigenvalue weighted by atomic mass is 35.5. The van der Waals surface area contributed by atoms with E-state index in [4.69, 9.17) is 21.1 Å². The van der Waals surface area contributed by atoms with E-state index in [1.807, 2.05) is 0 Å². The summed E-state index contributed by atoms with van der Waals surface area (Å²) in [6.07, 6.45) is -0.0359. The molecule has 3 rings (SSSR count). The number of hydrogen-bond donors (Lipinski definition) is 2. The van der Waals surface area contributed by atoms with Crippen molar-refractivity contribution in [2.45, 2.75) is 6.42 Å². The molecule has 2 N–H and O–H groups in total. The summed E-state index contributed by atoms with van der Waals surface area (Å²) in [7, 11) is 1.50. The fourth-order valence-corrected chi connectivity index (χ4v) is 3.17. The number of anilines is 1. The number of ether oxygens (including phenoxy) is 2. The van der Waals surface area contributed by atoms with Crippen LogP contribution in [0.4, 0.5) is 5.69 Å². The number of benzene rings is 2. The lowest BCUT2D eigenvalue weighted by molar-refractivity contribution is -0.152. The smallest absolute Gasteiger partial charge is 0.311 e. The van der Waals surface area contributed by atoms with Crippen LogP contribution < -0.4 is 20.5 Å². The summed E-state index contributed by atoms with van der Waals surface area (Å²) >= 11 is 5.76. The molecule has 0 unspecified atom stereocenters. The molecule has 1 aliphatic rings. The lowest BCUT2D eigenvalue weighted by atomic mass is 10.1. The molecule has 1 heterocycles. The van der Waals surface area contributed by atoms with Crippen molar-refractivity contribution < 1.29 is 28.7 Å². The van der Waals surface area contributed by atoms with Crippen LogP contribution in [0.1, 0.15) is 16.8 Å². The first kappa shape index (κ1) is 22.1. The minimum Gasteiger partial charge on any atom is -0.495 e. The number of carbonyl (C=O) groups is 4. The zero-order chi connectivity index (χ0) is 22.4. The van der Waals surface area contributed by atoms with Crippen molar-refractivity contribution in [2.75, 3.05) is 25.2 Å². The van der Waals surface area contributed by atoms with Gasteiger partial charge in [0.15, 0.2) is 6.61 Å². The number of rotatable bonds is 6. The van der Waals surface area contributed by atoms with Gasteiger partial charge in [0.05, 0.1) is 18.7 Å². The minimum atomic E-state index is -0.721.